The van der Waals surface area contributed by atoms with Gasteiger partial charge in [0.05, 0.1) is 10.3 Å². The molecule has 114 valence electrons. The van der Waals surface area contributed by atoms with Crippen LogP contribution in [0.2, 0.25) is 0 Å². The van der Waals surface area contributed by atoms with Gasteiger partial charge in [0, 0.05) is 16.7 Å². The maximum absolute atomic E-state index is 12.6. The molecule has 1 aliphatic rings. The lowest BCUT2D eigenvalue weighted by molar-refractivity contribution is 0.0717. The number of thioether (sulfide) groups is 1. The number of likely N-dealkylation sites (tertiary alicyclic amines) is 1. The fourth-order valence-electron chi connectivity index (χ4n) is 2.53. The van der Waals surface area contributed by atoms with Gasteiger partial charge < -0.3 is 15.8 Å². The second-order valence-corrected chi connectivity index (χ2v) is 7.31. The van der Waals surface area contributed by atoms with Gasteiger partial charge in [-0.25, -0.2) is 0 Å². The Morgan fingerprint density at radius 2 is 2.05 bits per heavy atom. The summed E-state index contributed by atoms with van der Waals surface area (Å²) in [4.78, 5) is 14.4. The minimum Gasteiger partial charge on any atom is -0.409 e. The third kappa shape index (κ3) is 3.28. The van der Waals surface area contributed by atoms with Gasteiger partial charge in [-0.15, -0.1) is 0 Å². The van der Waals surface area contributed by atoms with Gasteiger partial charge in [0.2, 0.25) is 0 Å². The van der Waals surface area contributed by atoms with Crippen LogP contribution in [-0.2, 0) is 0 Å². The maximum atomic E-state index is 12.6. The van der Waals surface area contributed by atoms with Gasteiger partial charge in [-0.1, -0.05) is 17.3 Å². The highest BCUT2D eigenvalue weighted by Crippen LogP contribution is 2.35. The van der Waals surface area contributed by atoms with Gasteiger partial charge >= 0.3 is 0 Å². The zero-order valence-corrected chi connectivity index (χ0v) is 14.7. The quantitative estimate of drug-likeness (QED) is 0.259. The van der Waals surface area contributed by atoms with Crippen molar-refractivity contribution < 1.29 is 10.0 Å². The molecule has 0 unspecified atom stereocenters. The van der Waals surface area contributed by atoms with Crippen molar-refractivity contribution in [3.8, 4) is 0 Å². The Kier molecular flexibility index (Phi) is 5.37. The topological polar surface area (TPSA) is 78.9 Å². The van der Waals surface area contributed by atoms with Gasteiger partial charge in [0.25, 0.3) is 5.91 Å². The minimum absolute atomic E-state index is 0.0502. The molecule has 1 saturated heterocycles. The highest BCUT2D eigenvalue weighted by atomic mass is 127. The highest BCUT2D eigenvalue weighted by Gasteiger charge is 2.39. The number of carbonyl (C=O) groups excluding carboxylic acids is 1. The lowest BCUT2D eigenvalue weighted by Gasteiger charge is -2.39. The number of oxime groups is 1. The van der Waals surface area contributed by atoms with Gasteiger partial charge in [-0.05, 0) is 53.8 Å². The average Bonchev–Trinajstić information content (AvgIpc) is 2.54. The average molecular weight is 419 g/mol. The predicted molar refractivity (Wildman–Crippen MR) is 94.0 cm³/mol. The van der Waals surface area contributed by atoms with Gasteiger partial charge in [-0.2, -0.15) is 11.8 Å². The van der Waals surface area contributed by atoms with Crippen LogP contribution in [0, 0.1) is 3.57 Å². The Balaban J connectivity index is 2.11. The van der Waals surface area contributed by atoms with E-state index in [-0.39, 0.29) is 16.5 Å². The molecule has 1 amide bonds. The summed E-state index contributed by atoms with van der Waals surface area (Å²) in [6, 6.07) is 7.58. The number of nitrogens with two attached hydrogens (primary N) is 1. The molecule has 3 N–H and O–H groups in total. The van der Waals surface area contributed by atoms with E-state index >= 15 is 0 Å². The van der Waals surface area contributed by atoms with Crippen LogP contribution >= 0.6 is 34.4 Å². The Morgan fingerprint density at radius 3 is 2.57 bits per heavy atom. The van der Waals surface area contributed by atoms with E-state index in [1.54, 1.807) is 11.8 Å². The number of hydrogen-bond donors (Lipinski definition) is 2. The number of halogens is 1. The third-order valence-electron chi connectivity index (χ3n) is 3.93. The summed E-state index contributed by atoms with van der Waals surface area (Å²) in [6.07, 6.45) is 3.34. The summed E-state index contributed by atoms with van der Waals surface area (Å²) < 4.78 is 0.591. The van der Waals surface area contributed by atoms with Crippen molar-refractivity contribution in [2.45, 2.75) is 17.6 Å². The monoisotopic (exact) mass is 419 g/mol. The van der Waals surface area contributed by atoms with Crippen LogP contribution in [0.5, 0.6) is 0 Å². The van der Waals surface area contributed by atoms with Crippen LogP contribution in [0.25, 0.3) is 0 Å². The molecule has 2 rings (SSSR count). The first-order valence-electron chi connectivity index (χ1n) is 6.61. The van der Waals surface area contributed by atoms with Crippen molar-refractivity contribution >= 4 is 46.1 Å². The molecule has 0 aromatic heterocycles. The molecule has 1 fully saturated rings. The number of amides is 1. The SMILES string of the molecule is CSC1(C(N)=NO)CCN(C(=O)c2ccccc2I)CC1. The van der Waals surface area contributed by atoms with E-state index in [1.807, 2.05) is 35.4 Å². The zero-order chi connectivity index (χ0) is 15.5. The molecule has 1 aliphatic heterocycles. The van der Waals surface area contributed by atoms with Crippen molar-refractivity contribution in [2.75, 3.05) is 19.3 Å². The number of hydrogen-bond acceptors (Lipinski definition) is 4. The van der Waals surface area contributed by atoms with Crippen LogP contribution in [0.15, 0.2) is 29.4 Å². The van der Waals surface area contributed by atoms with Crippen LogP contribution in [0.1, 0.15) is 23.2 Å². The van der Waals surface area contributed by atoms with Gasteiger partial charge in [0.15, 0.2) is 5.84 Å². The molecule has 0 saturated carbocycles. The van der Waals surface area contributed by atoms with Crippen molar-refractivity contribution in [1.82, 2.24) is 4.90 Å². The molecule has 1 aromatic rings. The molecule has 0 radical (unpaired) electrons. The molecule has 0 atom stereocenters. The lowest BCUT2D eigenvalue weighted by Crippen LogP contribution is -2.51. The van der Waals surface area contributed by atoms with Crippen LogP contribution in [0.4, 0.5) is 0 Å². The minimum atomic E-state index is -0.366. The van der Waals surface area contributed by atoms with Crippen molar-refractivity contribution in [3.05, 3.63) is 33.4 Å². The van der Waals surface area contributed by atoms with E-state index < -0.39 is 0 Å². The van der Waals surface area contributed by atoms with Crippen LogP contribution in [-0.4, -0.2) is 45.9 Å². The number of piperidine rings is 1. The summed E-state index contributed by atoms with van der Waals surface area (Å²) in [6.45, 7) is 1.22. The third-order valence-corrected chi connectivity index (χ3v) is 6.27. The van der Waals surface area contributed by atoms with Crippen LogP contribution < -0.4 is 5.73 Å². The van der Waals surface area contributed by atoms with E-state index in [2.05, 4.69) is 27.7 Å². The highest BCUT2D eigenvalue weighted by molar-refractivity contribution is 14.1. The van der Waals surface area contributed by atoms with E-state index in [0.29, 0.717) is 25.9 Å². The van der Waals surface area contributed by atoms with Crippen LogP contribution in [0.3, 0.4) is 0 Å². The van der Waals surface area contributed by atoms with E-state index in [4.69, 9.17) is 10.9 Å². The first-order valence-corrected chi connectivity index (χ1v) is 8.91. The number of benzene rings is 1. The van der Waals surface area contributed by atoms with E-state index in [9.17, 15) is 4.79 Å². The summed E-state index contributed by atoms with van der Waals surface area (Å²) in [5.74, 6) is 0.297. The molecular formula is C14H18IN3O2S. The number of amidine groups is 1. The molecule has 1 heterocycles. The molecule has 1 aromatic carbocycles. The second-order valence-electron chi connectivity index (χ2n) is 4.96. The fraction of sp³-hybridized carbons (Fsp3) is 0.429. The number of rotatable bonds is 3. The molecule has 21 heavy (non-hydrogen) atoms. The van der Waals surface area contributed by atoms with E-state index in [1.165, 1.54) is 0 Å². The first-order chi connectivity index (χ1) is 10.0. The Hall–Kier alpha value is -0.960. The fourth-order valence-corrected chi connectivity index (χ4v) is 3.99. The van der Waals surface area contributed by atoms with E-state index in [0.717, 1.165) is 9.13 Å². The number of nitrogens with zero attached hydrogens (tertiary/aromatic N) is 2. The number of carbonyl (C=O) groups is 1. The smallest absolute Gasteiger partial charge is 0.254 e. The first kappa shape index (κ1) is 16.4. The predicted octanol–water partition coefficient (Wildman–Crippen LogP) is 2.38. The summed E-state index contributed by atoms with van der Waals surface area (Å²) in [5, 5.41) is 12.1. The van der Waals surface area contributed by atoms with Crippen molar-refractivity contribution in [2.24, 2.45) is 10.9 Å². The Bertz CT molecular complexity index is 557. The summed E-state index contributed by atoms with van der Waals surface area (Å²) in [7, 11) is 0. The second kappa shape index (κ2) is 6.87. The molecule has 0 spiro atoms. The molecule has 5 nitrogen and oxygen atoms in total. The normalized spacial score (nSPS) is 18.6. The zero-order valence-electron chi connectivity index (χ0n) is 11.8. The molecule has 0 aliphatic carbocycles. The van der Waals surface area contributed by atoms with Gasteiger partial charge in [-0.3, -0.25) is 4.79 Å². The molecule has 7 heteroatoms. The molecule has 0 bridgehead atoms. The Labute approximate surface area is 142 Å². The summed E-state index contributed by atoms with van der Waals surface area (Å²) >= 11 is 3.76. The molecular weight excluding hydrogens is 401 g/mol. The lowest BCUT2D eigenvalue weighted by atomic mass is 9.94. The van der Waals surface area contributed by atoms with Crippen molar-refractivity contribution in [1.29, 1.82) is 0 Å². The maximum Gasteiger partial charge on any atom is 0.254 e. The van der Waals surface area contributed by atoms with Crippen molar-refractivity contribution in [3.63, 3.8) is 0 Å². The largest absolute Gasteiger partial charge is 0.409 e. The summed E-state index contributed by atoms with van der Waals surface area (Å²) in [5.41, 5.74) is 6.56. The van der Waals surface area contributed by atoms with Gasteiger partial charge in [0.1, 0.15) is 0 Å². The standard InChI is InChI=1S/C14H18IN3O2S/c1-21-14(13(16)17-20)6-8-18(9-7-14)12(19)10-4-2-3-5-11(10)15/h2-5,20H,6-9H2,1H3,(H2,16,17). The Morgan fingerprint density at radius 1 is 1.43 bits per heavy atom.